The van der Waals surface area contributed by atoms with Crippen LogP contribution in [-0.4, -0.2) is 173 Å². The normalized spacial score (nSPS) is 43.7. The molecular weight excluding hydrogens is 640 g/mol. The summed E-state index contributed by atoms with van der Waals surface area (Å²) in [5, 5.41) is 73.5. The number of fused-ring (bicyclic) bond motifs is 1. The standard InChI is InChI=1S/C28H42O19/c1-11-13(19(31)22(34)17(44-11)8-41-12(2)30)4-39-7-16-21(33)20(32)14(25(46-16)27(37)38)5-40-6-15-23(35)24(36)26-18(45-15)9-42-28(3,47-26)43-10-29/h10,13-26,31-36H,1,4-9H2,2-3H3,(H,37,38). The van der Waals surface area contributed by atoms with Crippen LogP contribution in [-0.2, 0) is 57.0 Å². The molecule has 0 spiro atoms. The van der Waals surface area contributed by atoms with Gasteiger partial charge in [-0.3, -0.25) is 9.59 Å². The van der Waals surface area contributed by atoms with Gasteiger partial charge in [0.1, 0.15) is 55.4 Å². The Hall–Kier alpha value is -2.53. The minimum Gasteiger partial charge on any atom is -0.489 e. The van der Waals surface area contributed by atoms with E-state index in [0.717, 1.165) is 0 Å². The highest BCUT2D eigenvalue weighted by atomic mass is 16.9. The minimum absolute atomic E-state index is 0.0368. The monoisotopic (exact) mass is 682 g/mol. The topological polar surface area (TPSA) is 276 Å². The SMILES string of the molecule is C=C1OC(COC(C)=O)C(O)C(O)C1COCC1OC(C(=O)O)C(COCC2OC3COC(C)(OC=O)OC3C(O)C2O)C(O)C1O. The lowest BCUT2D eigenvalue weighted by atomic mass is 9.87. The van der Waals surface area contributed by atoms with Gasteiger partial charge in [-0.2, -0.15) is 0 Å². The Balaban J connectivity index is 1.27. The molecule has 0 bridgehead atoms. The summed E-state index contributed by atoms with van der Waals surface area (Å²) in [6, 6.07) is 0. The van der Waals surface area contributed by atoms with Crippen molar-refractivity contribution >= 4 is 18.4 Å². The van der Waals surface area contributed by atoms with E-state index in [9.17, 15) is 50.1 Å². The van der Waals surface area contributed by atoms with Gasteiger partial charge in [0.2, 0.25) is 0 Å². The molecule has 15 atom stereocenters. The molecule has 4 heterocycles. The zero-order chi connectivity index (χ0) is 34.6. The molecule has 268 valence electrons. The van der Waals surface area contributed by atoms with E-state index in [2.05, 4.69) is 6.58 Å². The van der Waals surface area contributed by atoms with Crippen LogP contribution in [0.15, 0.2) is 12.3 Å². The van der Waals surface area contributed by atoms with Crippen LogP contribution in [0.5, 0.6) is 0 Å². The van der Waals surface area contributed by atoms with E-state index < -0.39 is 116 Å². The quantitative estimate of drug-likeness (QED) is 0.0716. The van der Waals surface area contributed by atoms with Gasteiger partial charge in [0, 0.05) is 19.8 Å². The van der Waals surface area contributed by atoms with Crippen LogP contribution in [0.2, 0.25) is 0 Å². The highest BCUT2D eigenvalue weighted by Crippen LogP contribution is 2.34. The van der Waals surface area contributed by atoms with E-state index in [0.29, 0.717) is 0 Å². The fraction of sp³-hybridized carbons (Fsp3) is 0.821. The number of ether oxygens (including phenoxy) is 9. The summed E-state index contributed by atoms with van der Waals surface area (Å²) in [7, 11) is 0. The predicted molar refractivity (Wildman–Crippen MR) is 147 cm³/mol. The van der Waals surface area contributed by atoms with Gasteiger partial charge >= 0.3 is 17.9 Å². The molecule has 0 amide bonds. The summed E-state index contributed by atoms with van der Waals surface area (Å²) < 4.78 is 48.2. The molecule has 19 heteroatoms. The fourth-order valence-electron chi connectivity index (χ4n) is 5.84. The summed E-state index contributed by atoms with van der Waals surface area (Å²) in [4.78, 5) is 33.8. The molecule has 0 aromatic heterocycles. The predicted octanol–water partition coefficient (Wildman–Crippen LogP) is -4.23. The van der Waals surface area contributed by atoms with Gasteiger partial charge < -0.3 is 78.4 Å². The summed E-state index contributed by atoms with van der Waals surface area (Å²) in [5.41, 5.74) is 0. The highest BCUT2D eigenvalue weighted by molar-refractivity contribution is 5.73. The average molecular weight is 683 g/mol. The van der Waals surface area contributed by atoms with Crippen molar-refractivity contribution in [2.24, 2.45) is 11.8 Å². The molecule has 0 aliphatic carbocycles. The Labute approximate surface area is 268 Å². The van der Waals surface area contributed by atoms with Gasteiger partial charge in [-0.1, -0.05) is 6.58 Å². The van der Waals surface area contributed by atoms with Crippen molar-refractivity contribution in [3.63, 3.8) is 0 Å². The molecule has 15 unspecified atom stereocenters. The number of carboxylic acid groups (broad SMARTS) is 1. The average Bonchev–Trinajstić information content (AvgIpc) is 3.01. The maximum Gasteiger partial charge on any atom is 0.333 e. The van der Waals surface area contributed by atoms with Gasteiger partial charge in [0.05, 0.1) is 56.9 Å². The van der Waals surface area contributed by atoms with Crippen molar-refractivity contribution in [2.75, 3.05) is 39.6 Å². The van der Waals surface area contributed by atoms with Crippen molar-refractivity contribution in [3.8, 4) is 0 Å². The molecule has 4 saturated heterocycles. The Morgan fingerprint density at radius 1 is 0.872 bits per heavy atom. The maximum absolute atomic E-state index is 12.1. The number of carboxylic acids is 1. The molecule has 0 radical (unpaired) electrons. The van der Waals surface area contributed by atoms with Crippen LogP contribution in [0.4, 0.5) is 0 Å². The smallest absolute Gasteiger partial charge is 0.333 e. The number of carbonyl (C=O) groups is 3. The number of esters is 1. The molecule has 19 nitrogen and oxygen atoms in total. The second-order valence-electron chi connectivity index (χ2n) is 11.8. The number of rotatable bonds is 13. The second-order valence-corrected chi connectivity index (χ2v) is 11.8. The third-order valence-electron chi connectivity index (χ3n) is 8.51. The molecule has 47 heavy (non-hydrogen) atoms. The molecule has 4 rings (SSSR count). The molecule has 4 aliphatic rings. The Morgan fingerprint density at radius 2 is 1.49 bits per heavy atom. The van der Waals surface area contributed by atoms with Gasteiger partial charge in [-0.05, 0) is 0 Å². The second kappa shape index (κ2) is 15.8. The maximum atomic E-state index is 12.1. The summed E-state index contributed by atoms with van der Waals surface area (Å²) in [5.74, 6) is -6.04. The molecule has 4 fully saturated rings. The zero-order valence-electron chi connectivity index (χ0n) is 25.6. The lowest BCUT2D eigenvalue weighted by Crippen LogP contribution is -2.66. The number of carbonyl (C=O) groups excluding carboxylic acids is 2. The number of hydrogen-bond acceptors (Lipinski definition) is 18. The largest absolute Gasteiger partial charge is 0.489 e. The van der Waals surface area contributed by atoms with Crippen LogP contribution in [0.1, 0.15) is 13.8 Å². The van der Waals surface area contributed by atoms with Gasteiger partial charge in [0.15, 0.2) is 12.2 Å². The summed E-state index contributed by atoms with van der Waals surface area (Å²) in [6.45, 7) is 4.25. The Morgan fingerprint density at radius 3 is 2.13 bits per heavy atom. The molecule has 4 aliphatic heterocycles. The Kier molecular flexibility index (Phi) is 12.5. The van der Waals surface area contributed by atoms with Gasteiger partial charge in [0.25, 0.3) is 6.47 Å². The van der Waals surface area contributed by atoms with Crippen LogP contribution in [0.3, 0.4) is 0 Å². The van der Waals surface area contributed by atoms with Crippen molar-refractivity contribution < 1.29 is 92.8 Å². The van der Waals surface area contributed by atoms with Crippen LogP contribution in [0.25, 0.3) is 0 Å². The molecule has 7 N–H and O–H groups in total. The molecule has 0 aromatic rings. The van der Waals surface area contributed by atoms with Gasteiger partial charge in [-0.25, -0.2) is 4.79 Å². The fourth-order valence-corrected chi connectivity index (χ4v) is 5.84. The number of aliphatic carboxylic acids is 1. The first-order valence-electron chi connectivity index (χ1n) is 14.9. The van der Waals surface area contributed by atoms with Gasteiger partial charge in [-0.15, -0.1) is 0 Å². The van der Waals surface area contributed by atoms with Crippen molar-refractivity contribution in [2.45, 2.75) is 93.1 Å². The highest BCUT2D eigenvalue weighted by Gasteiger charge is 2.53. The molecular formula is C28H42O19. The van der Waals surface area contributed by atoms with Crippen molar-refractivity contribution in [3.05, 3.63) is 12.3 Å². The number of aliphatic hydroxyl groups is 6. The van der Waals surface area contributed by atoms with E-state index in [-0.39, 0.29) is 38.7 Å². The van der Waals surface area contributed by atoms with Crippen LogP contribution in [0, 0.1) is 11.8 Å². The van der Waals surface area contributed by atoms with Crippen molar-refractivity contribution in [1.82, 2.24) is 0 Å². The van der Waals surface area contributed by atoms with Crippen LogP contribution >= 0.6 is 0 Å². The number of aliphatic hydroxyl groups excluding tert-OH is 6. The third-order valence-corrected chi connectivity index (χ3v) is 8.51. The first-order chi connectivity index (χ1) is 22.2. The minimum atomic E-state index is -1.79. The molecule has 0 aromatic carbocycles. The van der Waals surface area contributed by atoms with E-state index in [4.69, 9.17) is 42.6 Å². The summed E-state index contributed by atoms with van der Waals surface area (Å²) in [6.07, 6.45) is -16.4. The van der Waals surface area contributed by atoms with Crippen molar-refractivity contribution in [1.29, 1.82) is 0 Å². The summed E-state index contributed by atoms with van der Waals surface area (Å²) >= 11 is 0. The first-order valence-corrected chi connectivity index (χ1v) is 14.9. The lowest BCUT2D eigenvalue weighted by molar-refractivity contribution is -0.429. The zero-order valence-corrected chi connectivity index (χ0v) is 25.6. The van der Waals surface area contributed by atoms with E-state index >= 15 is 0 Å². The lowest BCUT2D eigenvalue weighted by Gasteiger charge is -2.48. The Bertz CT molecular complexity index is 1100. The van der Waals surface area contributed by atoms with Crippen LogP contribution < -0.4 is 0 Å². The number of hydrogen-bond donors (Lipinski definition) is 7. The van der Waals surface area contributed by atoms with E-state index in [1.54, 1.807) is 0 Å². The van der Waals surface area contributed by atoms with E-state index in [1.807, 2.05) is 0 Å². The third kappa shape index (κ3) is 8.56. The first kappa shape index (κ1) is 37.3. The molecule has 0 saturated carbocycles. The van der Waals surface area contributed by atoms with E-state index in [1.165, 1.54) is 13.8 Å².